The van der Waals surface area contributed by atoms with Crippen LogP contribution in [0.3, 0.4) is 0 Å². The number of carbonyl (C=O) groups excluding carboxylic acids is 1. The third-order valence-corrected chi connectivity index (χ3v) is 3.30. The summed E-state index contributed by atoms with van der Waals surface area (Å²) in [6.07, 6.45) is 0.0391. The van der Waals surface area contributed by atoms with Crippen LogP contribution in [-0.4, -0.2) is 83.3 Å². The molecule has 0 amide bonds. The molecule has 0 spiro atoms. The minimum absolute atomic E-state index is 0.0391. The fourth-order valence-electron chi connectivity index (χ4n) is 1.82. The van der Waals surface area contributed by atoms with Crippen LogP contribution in [0.25, 0.3) is 0 Å². The van der Waals surface area contributed by atoms with Crippen LogP contribution in [0, 0.1) is 45.3 Å². The standard InChI is InChI=1S/C9H11N3O4.C7H9N3O2/c10-2-4-12(5-3-11)8(9(14)15)1-6-16-7-13;1-6(7(11)12)10(4-2-8)5-3-9/h7-8H,1,4-6H2,(H,14,15);6H,4-5H2,1H3,(H,11,12). The van der Waals surface area contributed by atoms with Crippen molar-refractivity contribution in [2.45, 2.75) is 25.4 Å². The summed E-state index contributed by atoms with van der Waals surface area (Å²) >= 11 is 0. The van der Waals surface area contributed by atoms with Crippen LogP contribution in [-0.2, 0) is 19.1 Å². The topological polar surface area (TPSA) is 203 Å². The van der Waals surface area contributed by atoms with Gasteiger partial charge in [0.1, 0.15) is 12.1 Å². The van der Waals surface area contributed by atoms with Crippen LogP contribution in [0.5, 0.6) is 0 Å². The van der Waals surface area contributed by atoms with Gasteiger partial charge in [-0.2, -0.15) is 21.0 Å². The lowest BCUT2D eigenvalue weighted by molar-refractivity contribution is -0.144. The Bertz CT molecular complexity index is 639. The zero-order valence-corrected chi connectivity index (χ0v) is 15.2. The Labute approximate surface area is 161 Å². The van der Waals surface area contributed by atoms with E-state index in [1.165, 1.54) is 16.7 Å². The van der Waals surface area contributed by atoms with E-state index in [2.05, 4.69) is 4.74 Å². The summed E-state index contributed by atoms with van der Waals surface area (Å²) in [5.74, 6) is -2.18. The fraction of sp³-hybridized carbons (Fsp3) is 0.562. The third kappa shape index (κ3) is 11.8. The summed E-state index contributed by atoms with van der Waals surface area (Å²) in [6.45, 7) is 1.20. The molecule has 0 aromatic carbocycles. The summed E-state index contributed by atoms with van der Waals surface area (Å²) in [6, 6.07) is 5.37. The predicted molar refractivity (Wildman–Crippen MR) is 90.8 cm³/mol. The van der Waals surface area contributed by atoms with Gasteiger partial charge in [-0.15, -0.1) is 0 Å². The molecule has 2 N–H and O–H groups in total. The molecule has 0 aromatic rings. The Balaban J connectivity index is 0. The first-order chi connectivity index (χ1) is 13.3. The second-order valence-electron chi connectivity index (χ2n) is 5.07. The highest BCUT2D eigenvalue weighted by atomic mass is 16.5. The van der Waals surface area contributed by atoms with Gasteiger partial charge in [0, 0.05) is 6.42 Å². The van der Waals surface area contributed by atoms with Crippen LogP contribution in [0.15, 0.2) is 0 Å². The summed E-state index contributed by atoms with van der Waals surface area (Å²) in [5, 5.41) is 51.0. The number of nitrogens with zero attached hydrogens (tertiary/aromatic N) is 6. The molecule has 0 aliphatic rings. The molecule has 2 atom stereocenters. The van der Waals surface area contributed by atoms with Crippen molar-refractivity contribution in [3.05, 3.63) is 0 Å². The SMILES string of the molecule is CC(C(=O)O)N(CC#N)CC#N.N#CCN(CC#N)C(CCOC=O)C(=O)O. The van der Waals surface area contributed by atoms with Gasteiger partial charge in [-0.3, -0.25) is 24.2 Å². The van der Waals surface area contributed by atoms with Crippen LogP contribution >= 0.6 is 0 Å². The molecule has 0 rings (SSSR count). The molecule has 28 heavy (non-hydrogen) atoms. The summed E-state index contributed by atoms with van der Waals surface area (Å²) < 4.78 is 4.38. The second kappa shape index (κ2) is 16.7. The highest BCUT2D eigenvalue weighted by Gasteiger charge is 2.25. The Kier molecular flexibility index (Phi) is 15.9. The van der Waals surface area contributed by atoms with E-state index in [1.807, 2.05) is 0 Å². The number of nitriles is 4. The van der Waals surface area contributed by atoms with Crippen LogP contribution in [0.1, 0.15) is 13.3 Å². The van der Waals surface area contributed by atoms with Gasteiger partial charge < -0.3 is 14.9 Å². The Morgan fingerprint density at radius 2 is 1.36 bits per heavy atom. The number of carboxylic acids is 2. The Hall–Kier alpha value is -3.71. The maximum absolute atomic E-state index is 10.9. The Morgan fingerprint density at radius 3 is 1.68 bits per heavy atom. The monoisotopic (exact) mass is 392 g/mol. The first-order valence-corrected chi connectivity index (χ1v) is 7.77. The van der Waals surface area contributed by atoms with E-state index < -0.39 is 24.0 Å². The fourth-order valence-corrected chi connectivity index (χ4v) is 1.82. The van der Waals surface area contributed by atoms with Crippen molar-refractivity contribution in [3.63, 3.8) is 0 Å². The summed E-state index contributed by atoms with van der Waals surface area (Å²) in [7, 11) is 0. The van der Waals surface area contributed by atoms with E-state index in [0.29, 0.717) is 0 Å². The molecule has 0 aliphatic heterocycles. The lowest BCUT2D eigenvalue weighted by Gasteiger charge is -2.23. The van der Waals surface area contributed by atoms with Crippen molar-refractivity contribution in [1.29, 1.82) is 21.0 Å². The van der Waals surface area contributed by atoms with Crippen molar-refractivity contribution in [3.8, 4) is 24.3 Å². The van der Waals surface area contributed by atoms with Crippen molar-refractivity contribution < 1.29 is 29.3 Å². The Morgan fingerprint density at radius 1 is 0.929 bits per heavy atom. The van der Waals surface area contributed by atoms with Gasteiger partial charge in [0.05, 0.1) is 57.1 Å². The number of carbonyl (C=O) groups is 3. The van der Waals surface area contributed by atoms with Gasteiger partial charge in [0.2, 0.25) is 0 Å². The van der Waals surface area contributed by atoms with Gasteiger partial charge in [-0.05, 0) is 6.92 Å². The molecule has 0 fully saturated rings. The lowest BCUT2D eigenvalue weighted by Crippen LogP contribution is -2.42. The first-order valence-electron chi connectivity index (χ1n) is 7.77. The maximum atomic E-state index is 10.9. The molecule has 0 saturated heterocycles. The van der Waals surface area contributed by atoms with E-state index in [9.17, 15) is 14.4 Å². The molecular formula is C16H20N6O6. The smallest absolute Gasteiger partial charge is 0.321 e. The van der Waals surface area contributed by atoms with Crippen LogP contribution in [0.2, 0.25) is 0 Å². The number of carboxylic acid groups (broad SMARTS) is 2. The third-order valence-electron chi connectivity index (χ3n) is 3.30. The predicted octanol–water partition coefficient (Wildman–Crippen LogP) is -0.839. The highest BCUT2D eigenvalue weighted by molar-refractivity contribution is 5.73. The molecule has 0 heterocycles. The normalized spacial score (nSPS) is 11.4. The molecule has 0 aliphatic carbocycles. The van der Waals surface area contributed by atoms with Gasteiger partial charge >= 0.3 is 11.9 Å². The van der Waals surface area contributed by atoms with E-state index in [-0.39, 0.29) is 45.7 Å². The molecule has 0 aromatic heterocycles. The minimum atomic E-state index is -1.15. The summed E-state index contributed by atoms with van der Waals surface area (Å²) in [4.78, 5) is 33.7. The molecule has 150 valence electrons. The maximum Gasteiger partial charge on any atom is 0.321 e. The molecule has 12 heteroatoms. The number of rotatable bonds is 12. The van der Waals surface area contributed by atoms with Crippen molar-refractivity contribution in [2.24, 2.45) is 0 Å². The molecule has 0 saturated carbocycles. The quantitative estimate of drug-likeness (QED) is 0.237. The van der Waals surface area contributed by atoms with Gasteiger partial charge in [0.15, 0.2) is 0 Å². The molecule has 2 unspecified atom stereocenters. The molecule has 0 radical (unpaired) electrons. The summed E-state index contributed by atoms with van der Waals surface area (Å²) in [5.41, 5.74) is 0. The minimum Gasteiger partial charge on any atom is -0.480 e. The lowest BCUT2D eigenvalue weighted by atomic mass is 10.2. The zero-order chi connectivity index (χ0) is 21.9. The van der Waals surface area contributed by atoms with Gasteiger partial charge in [-0.25, -0.2) is 0 Å². The van der Waals surface area contributed by atoms with E-state index in [4.69, 9.17) is 31.3 Å². The number of hydrogen-bond donors (Lipinski definition) is 2. The van der Waals surface area contributed by atoms with Gasteiger partial charge in [0.25, 0.3) is 6.47 Å². The molecule has 12 nitrogen and oxygen atoms in total. The van der Waals surface area contributed by atoms with Crippen molar-refractivity contribution in [1.82, 2.24) is 9.80 Å². The number of ether oxygens (including phenoxy) is 1. The van der Waals surface area contributed by atoms with Crippen LogP contribution in [0.4, 0.5) is 0 Å². The van der Waals surface area contributed by atoms with Crippen LogP contribution < -0.4 is 0 Å². The second-order valence-corrected chi connectivity index (χ2v) is 5.07. The first kappa shape index (κ1) is 26.5. The van der Waals surface area contributed by atoms with Gasteiger partial charge in [-0.1, -0.05) is 0 Å². The van der Waals surface area contributed by atoms with E-state index in [0.717, 1.165) is 0 Å². The zero-order valence-electron chi connectivity index (χ0n) is 15.2. The largest absolute Gasteiger partial charge is 0.480 e. The van der Waals surface area contributed by atoms with E-state index in [1.54, 1.807) is 24.3 Å². The molecular weight excluding hydrogens is 372 g/mol. The number of hydrogen-bond acceptors (Lipinski definition) is 10. The van der Waals surface area contributed by atoms with Crippen molar-refractivity contribution in [2.75, 3.05) is 32.8 Å². The average molecular weight is 392 g/mol. The number of aliphatic carboxylic acids is 2. The highest BCUT2D eigenvalue weighted by Crippen LogP contribution is 2.04. The average Bonchev–Trinajstić information content (AvgIpc) is 2.64. The van der Waals surface area contributed by atoms with E-state index >= 15 is 0 Å². The molecule has 0 bridgehead atoms. The van der Waals surface area contributed by atoms with Crippen molar-refractivity contribution >= 4 is 18.4 Å².